The van der Waals surface area contributed by atoms with Gasteiger partial charge < -0.3 is 19.8 Å². The minimum atomic E-state index is -0.426. The van der Waals surface area contributed by atoms with Gasteiger partial charge in [0.15, 0.2) is 0 Å². The first-order valence-corrected chi connectivity index (χ1v) is 6.69. The van der Waals surface area contributed by atoms with Gasteiger partial charge in [0.1, 0.15) is 11.9 Å². The predicted octanol–water partition coefficient (Wildman–Crippen LogP) is 2.22. The maximum absolute atomic E-state index is 11.8. The lowest BCUT2D eigenvalue weighted by atomic mass is 10.2. The fraction of sp³-hybridized carbons (Fsp3) is 0.400. The summed E-state index contributed by atoms with van der Waals surface area (Å²) in [7, 11) is 1.64. The molecule has 0 radical (unpaired) electrons. The molecule has 1 heterocycles. The van der Waals surface area contributed by atoms with E-state index in [9.17, 15) is 4.79 Å². The smallest absolute Gasteiger partial charge is 0.249 e. The van der Waals surface area contributed by atoms with Gasteiger partial charge in [-0.2, -0.15) is 0 Å². The number of aromatic amines is 1. The van der Waals surface area contributed by atoms with Crippen molar-refractivity contribution in [2.75, 3.05) is 13.7 Å². The van der Waals surface area contributed by atoms with Crippen molar-refractivity contribution < 1.29 is 14.3 Å². The molecule has 5 nitrogen and oxygen atoms in total. The summed E-state index contributed by atoms with van der Waals surface area (Å²) in [6, 6.07) is 7.82. The van der Waals surface area contributed by atoms with E-state index in [1.807, 2.05) is 31.2 Å². The molecule has 0 saturated heterocycles. The van der Waals surface area contributed by atoms with Gasteiger partial charge in [-0.05, 0) is 38.1 Å². The first-order valence-electron chi connectivity index (χ1n) is 6.69. The lowest BCUT2D eigenvalue weighted by Gasteiger charge is -2.11. The summed E-state index contributed by atoms with van der Waals surface area (Å²) in [6.45, 7) is 4.60. The molecule has 2 N–H and O–H groups in total. The molecule has 0 fully saturated rings. The molecule has 1 aromatic heterocycles. The normalized spacial score (nSPS) is 12.3. The molecule has 20 heavy (non-hydrogen) atoms. The van der Waals surface area contributed by atoms with E-state index in [4.69, 9.17) is 9.47 Å². The van der Waals surface area contributed by atoms with E-state index in [-0.39, 0.29) is 5.91 Å². The van der Waals surface area contributed by atoms with Crippen molar-refractivity contribution in [1.82, 2.24) is 10.3 Å². The summed E-state index contributed by atoms with van der Waals surface area (Å²) in [5, 5.41) is 3.91. The molecule has 1 atom stereocenters. The van der Waals surface area contributed by atoms with E-state index < -0.39 is 6.10 Å². The molecule has 2 rings (SSSR count). The number of carbonyl (C=O) groups excluding carboxylic acids is 1. The average molecular weight is 276 g/mol. The van der Waals surface area contributed by atoms with Gasteiger partial charge in [-0.15, -0.1) is 0 Å². The van der Waals surface area contributed by atoms with Crippen molar-refractivity contribution >= 4 is 16.8 Å². The van der Waals surface area contributed by atoms with Crippen LogP contribution in [-0.4, -0.2) is 30.7 Å². The van der Waals surface area contributed by atoms with Crippen LogP contribution in [0.5, 0.6) is 5.75 Å². The molecule has 0 aliphatic rings. The lowest BCUT2D eigenvalue weighted by Crippen LogP contribution is -2.34. The van der Waals surface area contributed by atoms with Crippen molar-refractivity contribution in [2.45, 2.75) is 26.5 Å². The number of H-pyrrole nitrogens is 1. The fourth-order valence-corrected chi connectivity index (χ4v) is 2.04. The summed E-state index contributed by atoms with van der Waals surface area (Å²) in [5.41, 5.74) is 1.97. The third kappa shape index (κ3) is 3.30. The molecule has 0 aliphatic carbocycles. The zero-order chi connectivity index (χ0) is 14.5. The van der Waals surface area contributed by atoms with Crippen molar-refractivity contribution in [3.05, 3.63) is 30.0 Å². The molecule has 0 saturated carbocycles. The van der Waals surface area contributed by atoms with Crippen LogP contribution < -0.4 is 10.1 Å². The second kappa shape index (κ2) is 6.43. The third-order valence-corrected chi connectivity index (χ3v) is 3.12. The number of fused-ring (bicyclic) bond motifs is 1. The van der Waals surface area contributed by atoms with Gasteiger partial charge in [0, 0.05) is 23.2 Å². The molecule has 1 aromatic carbocycles. The molecule has 0 spiro atoms. The van der Waals surface area contributed by atoms with Crippen LogP contribution in [0.15, 0.2) is 24.3 Å². The van der Waals surface area contributed by atoms with E-state index in [1.165, 1.54) is 0 Å². The summed E-state index contributed by atoms with van der Waals surface area (Å²) < 4.78 is 10.4. The van der Waals surface area contributed by atoms with Crippen LogP contribution in [0, 0.1) is 0 Å². The number of benzene rings is 1. The molecule has 108 valence electrons. The van der Waals surface area contributed by atoms with Gasteiger partial charge in [-0.3, -0.25) is 4.79 Å². The predicted molar refractivity (Wildman–Crippen MR) is 77.8 cm³/mol. The first-order chi connectivity index (χ1) is 9.63. The second-order valence-electron chi connectivity index (χ2n) is 4.56. The van der Waals surface area contributed by atoms with Gasteiger partial charge in [-0.25, -0.2) is 0 Å². The number of methoxy groups -OCH3 is 1. The number of rotatable bonds is 6. The Bertz CT molecular complexity index is 592. The monoisotopic (exact) mass is 276 g/mol. The molecule has 2 aromatic rings. The summed E-state index contributed by atoms with van der Waals surface area (Å²) >= 11 is 0. The Labute approximate surface area is 118 Å². The standard InChI is InChI=1S/C15H20N2O3/c1-4-20-10(2)15(18)16-9-12-7-11-8-13(19-3)5-6-14(11)17-12/h5-8,10,17H,4,9H2,1-3H3,(H,16,18). The van der Waals surface area contributed by atoms with Crippen molar-refractivity contribution in [1.29, 1.82) is 0 Å². The zero-order valence-corrected chi connectivity index (χ0v) is 12.0. The van der Waals surface area contributed by atoms with E-state index in [0.29, 0.717) is 13.2 Å². The second-order valence-corrected chi connectivity index (χ2v) is 4.56. The van der Waals surface area contributed by atoms with Crippen LogP contribution in [0.4, 0.5) is 0 Å². The molecule has 5 heteroatoms. The van der Waals surface area contributed by atoms with Crippen LogP contribution in [0.1, 0.15) is 19.5 Å². The maximum Gasteiger partial charge on any atom is 0.249 e. The molecule has 0 aliphatic heterocycles. The Morgan fingerprint density at radius 1 is 1.40 bits per heavy atom. The summed E-state index contributed by atoms with van der Waals surface area (Å²) in [4.78, 5) is 15.0. The highest BCUT2D eigenvalue weighted by molar-refractivity contribution is 5.83. The Morgan fingerprint density at radius 3 is 2.90 bits per heavy atom. The molecular formula is C15H20N2O3. The fourth-order valence-electron chi connectivity index (χ4n) is 2.04. The summed E-state index contributed by atoms with van der Waals surface area (Å²) in [5.74, 6) is 0.708. The average Bonchev–Trinajstić information content (AvgIpc) is 2.86. The largest absolute Gasteiger partial charge is 0.497 e. The highest BCUT2D eigenvalue weighted by Gasteiger charge is 2.12. The molecule has 1 amide bonds. The Kier molecular flexibility index (Phi) is 4.63. The number of nitrogens with one attached hydrogen (secondary N) is 2. The zero-order valence-electron chi connectivity index (χ0n) is 12.0. The quantitative estimate of drug-likeness (QED) is 0.850. The molecular weight excluding hydrogens is 256 g/mol. The van der Waals surface area contributed by atoms with Gasteiger partial charge in [0.25, 0.3) is 0 Å². The minimum Gasteiger partial charge on any atom is -0.497 e. The number of hydrogen-bond acceptors (Lipinski definition) is 3. The van der Waals surface area contributed by atoms with Crippen LogP contribution >= 0.6 is 0 Å². The van der Waals surface area contributed by atoms with Crippen LogP contribution in [0.3, 0.4) is 0 Å². The Morgan fingerprint density at radius 2 is 2.20 bits per heavy atom. The third-order valence-electron chi connectivity index (χ3n) is 3.12. The highest BCUT2D eigenvalue weighted by Crippen LogP contribution is 2.21. The van der Waals surface area contributed by atoms with Crippen LogP contribution in [-0.2, 0) is 16.1 Å². The van der Waals surface area contributed by atoms with E-state index in [0.717, 1.165) is 22.3 Å². The number of carbonyl (C=O) groups is 1. The van der Waals surface area contributed by atoms with E-state index in [1.54, 1.807) is 14.0 Å². The van der Waals surface area contributed by atoms with Crippen molar-refractivity contribution in [2.24, 2.45) is 0 Å². The minimum absolute atomic E-state index is 0.108. The molecule has 1 unspecified atom stereocenters. The Hall–Kier alpha value is -2.01. The van der Waals surface area contributed by atoms with E-state index in [2.05, 4.69) is 10.3 Å². The SMILES string of the molecule is CCOC(C)C(=O)NCc1cc2cc(OC)ccc2[nH]1. The summed E-state index contributed by atoms with van der Waals surface area (Å²) in [6.07, 6.45) is -0.426. The maximum atomic E-state index is 11.8. The topological polar surface area (TPSA) is 63.4 Å². The van der Waals surface area contributed by atoms with Crippen LogP contribution in [0.2, 0.25) is 0 Å². The van der Waals surface area contributed by atoms with Crippen LogP contribution in [0.25, 0.3) is 10.9 Å². The van der Waals surface area contributed by atoms with Crippen molar-refractivity contribution in [3.63, 3.8) is 0 Å². The Balaban J connectivity index is 2.01. The number of amides is 1. The van der Waals surface area contributed by atoms with Gasteiger partial charge in [0.2, 0.25) is 5.91 Å². The molecule has 0 bridgehead atoms. The van der Waals surface area contributed by atoms with Gasteiger partial charge in [0.05, 0.1) is 13.7 Å². The van der Waals surface area contributed by atoms with Gasteiger partial charge in [-0.1, -0.05) is 0 Å². The van der Waals surface area contributed by atoms with Crippen molar-refractivity contribution in [3.8, 4) is 5.75 Å². The number of aromatic nitrogens is 1. The first kappa shape index (κ1) is 14.4. The number of hydrogen-bond donors (Lipinski definition) is 2. The highest BCUT2D eigenvalue weighted by atomic mass is 16.5. The lowest BCUT2D eigenvalue weighted by molar-refractivity contribution is -0.131. The van der Waals surface area contributed by atoms with E-state index >= 15 is 0 Å². The number of ether oxygens (including phenoxy) is 2. The van der Waals surface area contributed by atoms with Gasteiger partial charge >= 0.3 is 0 Å².